The van der Waals surface area contributed by atoms with E-state index in [1.54, 1.807) is 31.4 Å². The highest BCUT2D eigenvalue weighted by Gasteiger charge is 2.08. The van der Waals surface area contributed by atoms with Crippen LogP contribution in [0.3, 0.4) is 0 Å². The zero-order chi connectivity index (χ0) is 12.3. The molecule has 0 unspecified atom stereocenters. The van der Waals surface area contributed by atoms with Crippen molar-refractivity contribution in [2.45, 2.75) is 0 Å². The van der Waals surface area contributed by atoms with E-state index in [0.717, 1.165) is 0 Å². The van der Waals surface area contributed by atoms with Crippen molar-refractivity contribution in [1.82, 2.24) is 9.97 Å². The third kappa shape index (κ3) is 2.54. The summed E-state index contributed by atoms with van der Waals surface area (Å²) in [4.78, 5) is 16.9. The summed E-state index contributed by atoms with van der Waals surface area (Å²) in [6.45, 7) is 0. The highest BCUT2D eigenvalue weighted by molar-refractivity contribution is 5.85. The van der Waals surface area contributed by atoms with E-state index >= 15 is 0 Å². The second kappa shape index (κ2) is 4.56. The monoisotopic (exact) mass is 234 g/mol. The zero-order valence-electron chi connectivity index (χ0n) is 9.01. The van der Waals surface area contributed by atoms with E-state index in [2.05, 4.69) is 9.97 Å². The first-order valence-electron chi connectivity index (χ1n) is 4.79. The molecule has 0 fully saturated rings. The maximum atomic E-state index is 10.6. The molecule has 0 aliphatic carbocycles. The number of imidazole rings is 1. The standard InChI is InChI=1S/C11H10N2O4/c1-16-7-3-2-4-8(5-7)17-11-12-6-9(13-11)10(14)15/h2-6H,1H3,(H,12,13)(H,14,15). The maximum Gasteiger partial charge on any atom is 0.354 e. The molecule has 17 heavy (non-hydrogen) atoms. The Morgan fingerprint density at radius 1 is 1.41 bits per heavy atom. The number of aromatic carboxylic acids is 1. The summed E-state index contributed by atoms with van der Waals surface area (Å²) >= 11 is 0. The van der Waals surface area contributed by atoms with Gasteiger partial charge in [0, 0.05) is 6.07 Å². The summed E-state index contributed by atoms with van der Waals surface area (Å²) in [5.41, 5.74) is -0.0251. The first-order valence-corrected chi connectivity index (χ1v) is 4.79. The lowest BCUT2D eigenvalue weighted by Gasteiger charge is -2.03. The van der Waals surface area contributed by atoms with Gasteiger partial charge in [-0.3, -0.25) is 0 Å². The molecule has 1 aromatic heterocycles. The van der Waals surface area contributed by atoms with E-state index < -0.39 is 5.97 Å². The topological polar surface area (TPSA) is 84.4 Å². The number of nitrogens with zero attached hydrogens (tertiary/aromatic N) is 1. The molecule has 2 N–H and O–H groups in total. The van der Waals surface area contributed by atoms with Crippen LogP contribution in [0.15, 0.2) is 30.5 Å². The summed E-state index contributed by atoms with van der Waals surface area (Å²) in [5.74, 6) is 0.0705. The van der Waals surface area contributed by atoms with Gasteiger partial charge in [-0.1, -0.05) is 6.07 Å². The van der Waals surface area contributed by atoms with Gasteiger partial charge < -0.3 is 19.6 Å². The van der Waals surface area contributed by atoms with Gasteiger partial charge >= 0.3 is 5.97 Å². The highest BCUT2D eigenvalue weighted by atomic mass is 16.5. The molecule has 0 atom stereocenters. The quantitative estimate of drug-likeness (QED) is 0.844. The number of carboxylic acids is 1. The molecule has 0 aliphatic heterocycles. The van der Waals surface area contributed by atoms with Crippen molar-refractivity contribution in [3.63, 3.8) is 0 Å². The second-order valence-electron chi connectivity index (χ2n) is 3.19. The van der Waals surface area contributed by atoms with Crippen LogP contribution in [-0.2, 0) is 0 Å². The Labute approximate surface area is 96.8 Å². The van der Waals surface area contributed by atoms with Crippen LogP contribution in [0, 0.1) is 0 Å². The third-order valence-electron chi connectivity index (χ3n) is 2.04. The lowest BCUT2D eigenvalue weighted by molar-refractivity contribution is 0.0690. The number of methoxy groups -OCH3 is 1. The number of nitrogens with one attached hydrogen (secondary N) is 1. The van der Waals surface area contributed by atoms with E-state index in [0.29, 0.717) is 11.5 Å². The molecular formula is C11H10N2O4. The van der Waals surface area contributed by atoms with Crippen LogP contribution in [0.2, 0.25) is 0 Å². The number of ether oxygens (including phenoxy) is 2. The fourth-order valence-corrected chi connectivity index (χ4v) is 1.24. The van der Waals surface area contributed by atoms with Crippen LogP contribution < -0.4 is 9.47 Å². The number of H-pyrrole nitrogens is 1. The van der Waals surface area contributed by atoms with Crippen molar-refractivity contribution in [1.29, 1.82) is 0 Å². The molecule has 0 aliphatic rings. The fourth-order valence-electron chi connectivity index (χ4n) is 1.24. The third-order valence-corrected chi connectivity index (χ3v) is 2.04. The van der Waals surface area contributed by atoms with Gasteiger partial charge in [0.15, 0.2) is 0 Å². The summed E-state index contributed by atoms with van der Waals surface area (Å²) in [6, 6.07) is 7.04. The van der Waals surface area contributed by atoms with Crippen LogP contribution in [-0.4, -0.2) is 28.2 Å². The molecule has 2 aromatic rings. The minimum atomic E-state index is -1.09. The summed E-state index contributed by atoms with van der Waals surface area (Å²) < 4.78 is 10.4. The van der Waals surface area contributed by atoms with Gasteiger partial charge in [-0.05, 0) is 12.1 Å². The lowest BCUT2D eigenvalue weighted by Crippen LogP contribution is -1.95. The van der Waals surface area contributed by atoms with Crippen LogP contribution in [0.4, 0.5) is 0 Å². The summed E-state index contributed by atoms with van der Waals surface area (Å²) in [7, 11) is 1.55. The van der Waals surface area contributed by atoms with Gasteiger partial charge in [0.25, 0.3) is 6.01 Å². The van der Waals surface area contributed by atoms with Gasteiger partial charge in [-0.2, -0.15) is 0 Å². The first-order chi connectivity index (χ1) is 8.19. The second-order valence-corrected chi connectivity index (χ2v) is 3.19. The Morgan fingerprint density at radius 2 is 2.18 bits per heavy atom. The molecular weight excluding hydrogens is 224 g/mol. The number of carbonyl (C=O) groups is 1. The van der Waals surface area contributed by atoms with Crippen LogP contribution in [0.25, 0.3) is 0 Å². The molecule has 6 heteroatoms. The molecule has 88 valence electrons. The van der Waals surface area contributed by atoms with Gasteiger partial charge in [-0.25, -0.2) is 9.78 Å². The van der Waals surface area contributed by atoms with Crippen LogP contribution in [0.1, 0.15) is 10.5 Å². The predicted octanol–water partition coefficient (Wildman–Crippen LogP) is 1.91. The molecule has 0 spiro atoms. The van der Waals surface area contributed by atoms with E-state index in [1.807, 2.05) is 0 Å². The number of benzene rings is 1. The molecule has 0 saturated carbocycles. The Morgan fingerprint density at radius 3 is 2.82 bits per heavy atom. The summed E-state index contributed by atoms with van der Waals surface area (Å²) in [5, 5.41) is 8.70. The molecule has 6 nitrogen and oxygen atoms in total. The van der Waals surface area contributed by atoms with Crippen molar-refractivity contribution >= 4 is 5.97 Å². The molecule has 0 radical (unpaired) electrons. The average molecular weight is 234 g/mol. The normalized spacial score (nSPS) is 9.94. The Bertz CT molecular complexity index is 536. The van der Waals surface area contributed by atoms with E-state index in [9.17, 15) is 4.79 Å². The number of aromatic amines is 1. The average Bonchev–Trinajstić information content (AvgIpc) is 2.78. The van der Waals surface area contributed by atoms with E-state index in [1.165, 1.54) is 6.20 Å². The Hall–Kier alpha value is -2.50. The number of hydrogen-bond acceptors (Lipinski definition) is 4. The van der Waals surface area contributed by atoms with Crippen LogP contribution >= 0.6 is 0 Å². The minimum Gasteiger partial charge on any atom is -0.497 e. The number of rotatable bonds is 4. The van der Waals surface area contributed by atoms with Crippen molar-refractivity contribution < 1.29 is 19.4 Å². The van der Waals surface area contributed by atoms with Gasteiger partial charge in [-0.15, -0.1) is 0 Å². The van der Waals surface area contributed by atoms with Crippen molar-refractivity contribution in [3.05, 3.63) is 36.2 Å². The minimum absolute atomic E-state index is 0.0251. The number of hydrogen-bond donors (Lipinski definition) is 2. The van der Waals surface area contributed by atoms with Gasteiger partial charge in [0.05, 0.1) is 13.3 Å². The highest BCUT2D eigenvalue weighted by Crippen LogP contribution is 2.22. The summed E-state index contributed by atoms with van der Waals surface area (Å²) in [6.07, 6.45) is 1.19. The van der Waals surface area contributed by atoms with Crippen molar-refractivity contribution in [2.24, 2.45) is 0 Å². The molecule has 0 bridgehead atoms. The number of carboxylic acid groups (broad SMARTS) is 1. The molecule has 0 saturated heterocycles. The predicted molar refractivity (Wildman–Crippen MR) is 58.6 cm³/mol. The molecule has 1 heterocycles. The van der Waals surface area contributed by atoms with E-state index in [4.69, 9.17) is 14.6 Å². The smallest absolute Gasteiger partial charge is 0.354 e. The first kappa shape index (κ1) is 11.0. The molecule has 1 aromatic carbocycles. The number of aromatic nitrogens is 2. The molecule has 2 rings (SSSR count). The van der Waals surface area contributed by atoms with Gasteiger partial charge in [0.1, 0.15) is 17.2 Å². The lowest BCUT2D eigenvalue weighted by atomic mass is 10.3. The van der Waals surface area contributed by atoms with Crippen molar-refractivity contribution in [3.8, 4) is 17.5 Å². The Kier molecular flexibility index (Phi) is 2.95. The van der Waals surface area contributed by atoms with Crippen LogP contribution in [0.5, 0.6) is 17.5 Å². The zero-order valence-corrected chi connectivity index (χ0v) is 9.01. The molecule has 0 amide bonds. The Balaban J connectivity index is 2.16. The van der Waals surface area contributed by atoms with Gasteiger partial charge in [0.2, 0.25) is 0 Å². The van der Waals surface area contributed by atoms with E-state index in [-0.39, 0.29) is 11.7 Å². The van der Waals surface area contributed by atoms with Crippen molar-refractivity contribution in [2.75, 3.05) is 7.11 Å². The largest absolute Gasteiger partial charge is 0.497 e. The SMILES string of the molecule is COc1cccc(Oc2ncc(C(=O)O)[nH]2)c1. The maximum absolute atomic E-state index is 10.6. The fraction of sp³-hybridized carbons (Fsp3) is 0.0909.